The van der Waals surface area contributed by atoms with E-state index in [0.29, 0.717) is 33.5 Å². The largest absolute Gasteiger partial charge is 0.483 e. The summed E-state index contributed by atoms with van der Waals surface area (Å²) in [5, 5.41) is 11.6. The quantitative estimate of drug-likeness (QED) is 0.341. The number of ether oxygens (including phenoxy) is 2. The van der Waals surface area contributed by atoms with Gasteiger partial charge in [0, 0.05) is 10.6 Å². The molecule has 0 fully saturated rings. The maximum atomic E-state index is 12.5. The van der Waals surface area contributed by atoms with Gasteiger partial charge in [-0.15, -0.1) is 0 Å². The van der Waals surface area contributed by atoms with Crippen LogP contribution >= 0.6 is 11.8 Å². The predicted molar refractivity (Wildman–Crippen MR) is 119 cm³/mol. The molecule has 3 aromatic rings. The third kappa shape index (κ3) is 7.33. The van der Waals surface area contributed by atoms with Crippen LogP contribution in [-0.2, 0) is 16.1 Å². The maximum absolute atomic E-state index is 12.5. The molecule has 9 heteroatoms. The van der Waals surface area contributed by atoms with E-state index in [1.807, 2.05) is 6.07 Å². The Labute approximate surface area is 193 Å². The zero-order valence-electron chi connectivity index (χ0n) is 17.2. The highest BCUT2D eigenvalue weighted by Gasteiger charge is 2.15. The Morgan fingerprint density at radius 1 is 1.03 bits per heavy atom. The molecule has 0 aromatic heterocycles. The van der Waals surface area contributed by atoms with Crippen molar-refractivity contribution in [1.29, 1.82) is 5.26 Å². The lowest BCUT2D eigenvalue weighted by Gasteiger charge is -2.12. The van der Waals surface area contributed by atoms with Gasteiger partial charge in [-0.25, -0.2) is 4.79 Å². The van der Waals surface area contributed by atoms with E-state index in [9.17, 15) is 18.4 Å². The number of halogens is 2. The minimum Gasteiger partial charge on any atom is -0.483 e. The third-order valence-corrected chi connectivity index (χ3v) is 4.98. The Bertz CT molecular complexity index is 1160. The lowest BCUT2D eigenvalue weighted by molar-refractivity contribution is -0.118. The summed E-state index contributed by atoms with van der Waals surface area (Å²) in [4.78, 5) is 25.1. The van der Waals surface area contributed by atoms with Gasteiger partial charge in [0.2, 0.25) is 0 Å². The van der Waals surface area contributed by atoms with Gasteiger partial charge >= 0.3 is 5.97 Å². The number of hydrogen-bond acceptors (Lipinski definition) is 6. The van der Waals surface area contributed by atoms with Gasteiger partial charge in [0.15, 0.2) is 6.61 Å². The molecule has 0 heterocycles. The molecule has 33 heavy (non-hydrogen) atoms. The number of nitrogens with zero attached hydrogens (tertiary/aromatic N) is 1. The van der Waals surface area contributed by atoms with Crippen molar-refractivity contribution in [3.05, 3.63) is 89.5 Å². The number of alkyl halides is 2. The first-order valence-electron chi connectivity index (χ1n) is 9.67. The number of carbonyl (C=O) groups is 2. The molecule has 3 rings (SSSR count). The van der Waals surface area contributed by atoms with Crippen LogP contribution in [0.2, 0.25) is 0 Å². The van der Waals surface area contributed by atoms with E-state index in [-0.39, 0.29) is 24.5 Å². The summed E-state index contributed by atoms with van der Waals surface area (Å²) in [5.41, 5.74) is 1.70. The smallest absolute Gasteiger partial charge is 0.342 e. The number of amides is 1. The van der Waals surface area contributed by atoms with Gasteiger partial charge in [-0.2, -0.15) is 14.0 Å². The Morgan fingerprint density at radius 3 is 2.52 bits per heavy atom. The van der Waals surface area contributed by atoms with Crippen molar-refractivity contribution in [2.24, 2.45) is 0 Å². The van der Waals surface area contributed by atoms with Crippen LogP contribution in [0, 0.1) is 11.3 Å². The van der Waals surface area contributed by atoms with E-state index < -0.39 is 17.6 Å². The van der Waals surface area contributed by atoms with Gasteiger partial charge < -0.3 is 14.8 Å². The lowest BCUT2D eigenvalue weighted by Crippen LogP contribution is -2.21. The molecule has 0 aliphatic carbocycles. The molecule has 0 atom stereocenters. The van der Waals surface area contributed by atoms with Crippen LogP contribution in [0.5, 0.6) is 5.75 Å². The van der Waals surface area contributed by atoms with Crippen LogP contribution in [0.1, 0.15) is 21.5 Å². The monoisotopic (exact) mass is 468 g/mol. The average molecular weight is 468 g/mol. The summed E-state index contributed by atoms with van der Waals surface area (Å²) in [6.07, 6.45) is 0. The maximum Gasteiger partial charge on any atom is 0.342 e. The Morgan fingerprint density at radius 2 is 1.79 bits per heavy atom. The molecule has 6 nitrogen and oxygen atoms in total. The number of rotatable bonds is 9. The number of nitrogens with one attached hydrogen (secondary N) is 1. The van der Waals surface area contributed by atoms with E-state index in [1.54, 1.807) is 36.4 Å². The number of nitriles is 1. The summed E-state index contributed by atoms with van der Waals surface area (Å²) in [7, 11) is 0. The normalized spacial score (nSPS) is 10.4. The van der Waals surface area contributed by atoms with Crippen LogP contribution in [-0.4, -0.2) is 24.2 Å². The molecule has 0 unspecified atom stereocenters. The van der Waals surface area contributed by atoms with E-state index in [0.717, 1.165) is 0 Å². The van der Waals surface area contributed by atoms with Gasteiger partial charge in [0.25, 0.3) is 11.7 Å². The van der Waals surface area contributed by atoms with Crippen molar-refractivity contribution < 1.29 is 27.8 Å². The molecule has 1 amide bonds. The zero-order valence-corrected chi connectivity index (χ0v) is 18.0. The number of hydrogen-bond donors (Lipinski definition) is 1. The lowest BCUT2D eigenvalue weighted by atomic mass is 10.1. The third-order valence-electron chi connectivity index (χ3n) is 4.25. The fraction of sp³-hybridized carbons (Fsp3) is 0.125. The predicted octanol–water partition coefficient (Wildman–Crippen LogP) is 5.25. The van der Waals surface area contributed by atoms with Crippen molar-refractivity contribution in [3.8, 4) is 11.8 Å². The molecular formula is C24H18F2N2O4S. The SMILES string of the molecule is N#Cc1cccc(COC(=O)c2ccccc2OCC(=O)Nc2ccc(SC(F)F)cc2)c1. The van der Waals surface area contributed by atoms with E-state index >= 15 is 0 Å². The minimum atomic E-state index is -2.52. The molecule has 0 saturated carbocycles. The number of anilines is 1. The van der Waals surface area contributed by atoms with Crippen molar-refractivity contribution in [1.82, 2.24) is 0 Å². The summed E-state index contributed by atoms with van der Waals surface area (Å²) in [5.74, 6) is -3.47. The first-order valence-corrected chi connectivity index (χ1v) is 10.6. The second-order valence-corrected chi connectivity index (χ2v) is 7.69. The van der Waals surface area contributed by atoms with Gasteiger partial charge in [-0.05, 0) is 54.1 Å². The zero-order chi connectivity index (χ0) is 23.6. The van der Waals surface area contributed by atoms with Crippen LogP contribution in [0.15, 0.2) is 77.7 Å². The van der Waals surface area contributed by atoms with E-state index in [2.05, 4.69) is 5.32 Å². The average Bonchev–Trinajstić information content (AvgIpc) is 2.82. The van der Waals surface area contributed by atoms with Crippen molar-refractivity contribution >= 4 is 29.3 Å². The number of carbonyl (C=O) groups excluding carboxylic acids is 2. The van der Waals surface area contributed by atoms with Gasteiger partial charge in [0.1, 0.15) is 17.9 Å². The summed E-state index contributed by atoms with van der Waals surface area (Å²) in [6, 6.07) is 21.0. The Kier molecular flexibility index (Phi) is 8.38. The molecule has 0 spiro atoms. The fourth-order valence-corrected chi connectivity index (χ4v) is 3.28. The number of para-hydroxylation sites is 1. The van der Waals surface area contributed by atoms with Crippen molar-refractivity contribution in [3.63, 3.8) is 0 Å². The van der Waals surface area contributed by atoms with Crippen molar-refractivity contribution in [2.75, 3.05) is 11.9 Å². The number of benzene rings is 3. The first kappa shape index (κ1) is 23.8. The Hall–Kier alpha value is -3.90. The topological polar surface area (TPSA) is 88.4 Å². The molecule has 0 radical (unpaired) electrons. The van der Waals surface area contributed by atoms with Gasteiger partial charge in [-0.1, -0.05) is 36.0 Å². The molecule has 168 valence electrons. The van der Waals surface area contributed by atoms with Crippen LogP contribution in [0.25, 0.3) is 0 Å². The summed E-state index contributed by atoms with van der Waals surface area (Å²) < 4.78 is 35.6. The van der Waals surface area contributed by atoms with Crippen LogP contribution in [0.3, 0.4) is 0 Å². The van der Waals surface area contributed by atoms with Crippen LogP contribution in [0.4, 0.5) is 14.5 Å². The second kappa shape index (κ2) is 11.6. The molecular weight excluding hydrogens is 450 g/mol. The number of esters is 1. The molecule has 0 bridgehead atoms. The molecule has 0 aliphatic rings. The van der Waals surface area contributed by atoms with Crippen LogP contribution < -0.4 is 10.1 Å². The van der Waals surface area contributed by atoms with Gasteiger partial charge in [0.05, 0.1) is 11.6 Å². The first-order chi connectivity index (χ1) is 15.9. The molecule has 1 N–H and O–H groups in total. The van der Waals surface area contributed by atoms with Crippen molar-refractivity contribution in [2.45, 2.75) is 17.3 Å². The minimum absolute atomic E-state index is 0.0248. The molecule has 0 aliphatic heterocycles. The molecule has 0 saturated heterocycles. The van der Waals surface area contributed by atoms with Gasteiger partial charge in [-0.3, -0.25) is 4.79 Å². The highest BCUT2D eigenvalue weighted by molar-refractivity contribution is 7.99. The number of thioether (sulfide) groups is 1. The highest BCUT2D eigenvalue weighted by atomic mass is 32.2. The highest BCUT2D eigenvalue weighted by Crippen LogP contribution is 2.26. The second-order valence-electron chi connectivity index (χ2n) is 6.62. The summed E-state index contributed by atoms with van der Waals surface area (Å²) >= 11 is 0.413. The standard InChI is InChI=1S/C24H18F2N2O4S/c25-24(26)33-19-10-8-18(9-11-19)28-22(29)15-31-21-7-2-1-6-20(21)23(30)32-14-17-5-3-4-16(12-17)13-27/h1-12,24H,14-15H2,(H,28,29). The van der Waals surface area contributed by atoms with E-state index in [4.69, 9.17) is 14.7 Å². The van der Waals surface area contributed by atoms with E-state index in [1.165, 1.54) is 36.4 Å². The fourth-order valence-electron chi connectivity index (χ4n) is 2.78. The molecule has 3 aromatic carbocycles. The Balaban J connectivity index is 1.55. The summed E-state index contributed by atoms with van der Waals surface area (Å²) in [6.45, 7) is -0.398.